The van der Waals surface area contributed by atoms with Gasteiger partial charge in [-0.3, -0.25) is 14.9 Å². The van der Waals surface area contributed by atoms with Gasteiger partial charge in [0, 0.05) is 43.4 Å². The van der Waals surface area contributed by atoms with Crippen LogP contribution in [0.1, 0.15) is 69.8 Å². The van der Waals surface area contributed by atoms with Crippen LogP contribution in [0.4, 0.5) is 5.69 Å². The number of carbonyl (C=O) groups is 1. The molecule has 0 bridgehead atoms. The summed E-state index contributed by atoms with van der Waals surface area (Å²) >= 11 is 0. The van der Waals surface area contributed by atoms with Crippen LogP contribution < -0.4 is 5.43 Å². The maximum atomic E-state index is 13.2. The zero-order valence-corrected chi connectivity index (χ0v) is 20.0. The molecule has 5 fully saturated rings. The summed E-state index contributed by atoms with van der Waals surface area (Å²) < 4.78 is 31.9. The Balaban J connectivity index is 1.20. The van der Waals surface area contributed by atoms with Crippen molar-refractivity contribution in [1.29, 1.82) is 0 Å². The van der Waals surface area contributed by atoms with Gasteiger partial charge in [0.15, 0.2) is 24.0 Å². The number of nitro groups is 1. The third-order valence-corrected chi connectivity index (χ3v) is 7.84. The van der Waals surface area contributed by atoms with E-state index in [0.717, 1.165) is 64.2 Å². The summed E-state index contributed by atoms with van der Waals surface area (Å²) in [5.74, 6) is -1.92. The molecule has 0 aromatic heterocycles. The fourth-order valence-corrected chi connectivity index (χ4v) is 6.12. The molecule has 2 aliphatic carbocycles. The largest absolute Gasteiger partial charge is 0.341 e. The van der Waals surface area contributed by atoms with Gasteiger partial charge in [-0.1, -0.05) is 25.0 Å². The molecular formula is C25H31N3O8. The monoisotopic (exact) mass is 501 g/mol. The van der Waals surface area contributed by atoms with Crippen molar-refractivity contribution in [2.75, 3.05) is 0 Å². The molecule has 11 heteroatoms. The molecule has 36 heavy (non-hydrogen) atoms. The number of nitrogens with zero attached hydrogens (tertiary/aromatic N) is 2. The number of amides is 1. The van der Waals surface area contributed by atoms with Gasteiger partial charge in [0.2, 0.25) is 0 Å². The summed E-state index contributed by atoms with van der Waals surface area (Å²) in [6.45, 7) is 0. The number of rotatable bonds is 4. The normalized spacial score (nSPS) is 34.5. The van der Waals surface area contributed by atoms with Crippen molar-refractivity contribution >= 4 is 17.8 Å². The van der Waals surface area contributed by atoms with Gasteiger partial charge in [0.25, 0.3) is 11.6 Å². The summed E-state index contributed by atoms with van der Waals surface area (Å²) in [6, 6.07) is 5.99. The average molecular weight is 502 g/mol. The summed E-state index contributed by atoms with van der Waals surface area (Å²) in [4.78, 5) is 23.8. The molecule has 5 atom stereocenters. The highest BCUT2D eigenvalue weighted by Crippen LogP contribution is 2.50. The second-order valence-electron chi connectivity index (χ2n) is 10.3. The maximum absolute atomic E-state index is 13.2. The third-order valence-electron chi connectivity index (χ3n) is 7.84. The van der Waals surface area contributed by atoms with E-state index in [2.05, 4.69) is 10.5 Å². The Kier molecular flexibility index (Phi) is 6.29. The first-order valence-electron chi connectivity index (χ1n) is 12.9. The van der Waals surface area contributed by atoms with Gasteiger partial charge in [-0.15, -0.1) is 0 Å². The second kappa shape index (κ2) is 9.46. The van der Waals surface area contributed by atoms with Crippen LogP contribution in [0.25, 0.3) is 0 Å². The van der Waals surface area contributed by atoms with E-state index in [-0.39, 0.29) is 5.69 Å². The van der Waals surface area contributed by atoms with Crippen molar-refractivity contribution in [2.45, 2.75) is 106 Å². The molecule has 194 valence electrons. The lowest BCUT2D eigenvalue weighted by Gasteiger charge is -2.36. The third kappa shape index (κ3) is 4.43. The van der Waals surface area contributed by atoms with Crippen LogP contribution in [-0.4, -0.2) is 59.3 Å². The zero-order chi connectivity index (χ0) is 24.8. The van der Waals surface area contributed by atoms with Crippen molar-refractivity contribution in [3.05, 3.63) is 39.9 Å². The molecule has 5 aliphatic rings. The van der Waals surface area contributed by atoms with Crippen LogP contribution >= 0.6 is 0 Å². The molecule has 0 radical (unpaired) electrons. The van der Waals surface area contributed by atoms with Gasteiger partial charge in [-0.05, 0) is 25.7 Å². The number of fused-ring (bicyclic) bond motifs is 3. The van der Waals surface area contributed by atoms with E-state index in [4.69, 9.17) is 23.7 Å². The van der Waals surface area contributed by atoms with Crippen LogP contribution in [0.15, 0.2) is 29.4 Å². The molecule has 11 nitrogen and oxygen atoms in total. The van der Waals surface area contributed by atoms with Gasteiger partial charge in [-0.2, -0.15) is 5.10 Å². The highest BCUT2D eigenvalue weighted by molar-refractivity contribution is 5.85. The van der Waals surface area contributed by atoms with Crippen LogP contribution in [0.3, 0.4) is 0 Å². The minimum Gasteiger partial charge on any atom is -0.341 e. The van der Waals surface area contributed by atoms with Gasteiger partial charge < -0.3 is 23.7 Å². The number of ether oxygens (including phenoxy) is 5. The summed E-state index contributed by atoms with van der Waals surface area (Å²) in [5.41, 5.74) is 2.94. The van der Waals surface area contributed by atoms with Crippen molar-refractivity contribution in [3.8, 4) is 0 Å². The fourth-order valence-electron chi connectivity index (χ4n) is 6.12. The standard InChI is InChI=1S/C25H31N3O8/c29-22(27-26-15-16-8-7-9-17(14-16)28(30)31)20-18-19(34-24(33-18)10-3-1-4-11-24)21-23(32-20)36-25(35-21)12-5-2-6-13-25/h7-9,14-15,18-21,23H,1-6,10-13H2,(H,27,29)/b26-15-/t18-,19+,20-,21-,23-/m1/s1. The van der Waals surface area contributed by atoms with Crippen molar-refractivity contribution in [1.82, 2.24) is 5.43 Å². The number of nitrogens with one attached hydrogen (secondary N) is 1. The number of carbonyl (C=O) groups excluding carboxylic acids is 1. The lowest BCUT2D eigenvalue weighted by atomic mass is 9.94. The zero-order valence-electron chi connectivity index (χ0n) is 20.0. The predicted molar refractivity (Wildman–Crippen MR) is 125 cm³/mol. The number of non-ortho nitro benzene ring substituents is 1. The molecule has 6 rings (SSSR count). The molecule has 1 aromatic rings. The van der Waals surface area contributed by atoms with Gasteiger partial charge in [-0.25, -0.2) is 5.43 Å². The first kappa shape index (κ1) is 23.9. The van der Waals surface area contributed by atoms with Crippen LogP contribution in [0.2, 0.25) is 0 Å². The Hall–Kier alpha value is -2.44. The molecule has 1 amide bonds. The number of hydrogen-bond donors (Lipinski definition) is 1. The van der Waals surface area contributed by atoms with E-state index >= 15 is 0 Å². The molecular weight excluding hydrogens is 470 g/mol. The van der Waals surface area contributed by atoms with E-state index in [0.29, 0.717) is 5.56 Å². The quantitative estimate of drug-likeness (QED) is 0.378. The van der Waals surface area contributed by atoms with Crippen LogP contribution in [0.5, 0.6) is 0 Å². The van der Waals surface area contributed by atoms with E-state index in [1.165, 1.54) is 18.3 Å². The van der Waals surface area contributed by atoms with E-state index in [1.54, 1.807) is 12.1 Å². The molecule has 1 aromatic carbocycles. The Bertz CT molecular complexity index is 1040. The topological polar surface area (TPSA) is 131 Å². The van der Waals surface area contributed by atoms with Crippen molar-refractivity contribution in [3.63, 3.8) is 0 Å². The van der Waals surface area contributed by atoms with E-state index in [1.807, 2.05) is 0 Å². The highest BCUT2D eigenvalue weighted by atomic mass is 16.9. The first-order valence-corrected chi connectivity index (χ1v) is 12.9. The summed E-state index contributed by atoms with van der Waals surface area (Å²) in [7, 11) is 0. The minimum absolute atomic E-state index is 0.0564. The van der Waals surface area contributed by atoms with Gasteiger partial charge in [0.05, 0.1) is 11.1 Å². The van der Waals surface area contributed by atoms with Crippen molar-refractivity contribution < 1.29 is 33.4 Å². The second-order valence-corrected chi connectivity index (χ2v) is 10.3. The summed E-state index contributed by atoms with van der Waals surface area (Å²) in [6.07, 6.45) is 7.44. The number of hydrogen-bond acceptors (Lipinski definition) is 9. The molecule has 1 N–H and O–H groups in total. The maximum Gasteiger partial charge on any atom is 0.272 e. The Morgan fingerprint density at radius 1 is 0.944 bits per heavy atom. The lowest BCUT2D eigenvalue weighted by Crippen LogP contribution is -2.59. The Labute approximate surface area is 208 Å². The predicted octanol–water partition coefficient (Wildman–Crippen LogP) is 3.29. The van der Waals surface area contributed by atoms with Gasteiger partial charge in [0.1, 0.15) is 18.3 Å². The molecule has 0 unspecified atom stereocenters. The SMILES string of the molecule is O=C(N/N=C\c1cccc([N+](=O)[O-])c1)[C@@H]1O[C@@H]2OC3(CCCCC3)O[C@@H]2[C@H]2OC3(CCCCC3)O[C@H]21. The Morgan fingerprint density at radius 3 is 2.28 bits per heavy atom. The lowest BCUT2D eigenvalue weighted by molar-refractivity contribution is -0.384. The summed E-state index contributed by atoms with van der Waals surface area (Å²) in [5, 5.41) is 15.0. The Morgan fingerprint density at radius 2 is 1.58 bits per heavy atom. The molecule has 3 aliphatic heterocycles. The fraction of sp³-hybridized carbons (Fsp3) is 0.680. The first-order chi connectivity index (χ1) is 17.5. The molecule has 3 saturated heterocycles. The van der Waals surface area contributed by atoms with Crippen LogP contribution in [-0.2, 0) is 28.5 Å². The van der Waals surface area contributed by atoms with E-state index in [9.17, 15) is 14.9 Å². The molecule has 3 heterocycles. The molecule has 2 spiro atoms. The van der Waals surface area contributed by atoms with Crippen LogP contribution in [0, 0.1) is 10.1 Å². The average Bonchev–Trinajstić information content (AvgIpc) is 3.42. The smallest absolute Gasteiger partial charge is 0.272 e. The number of nitro benzene ring substituents is 1. The highest BCUT2D eigenvalue weighted by Gasteiger charge is 2.65. The van der Waals surface area contributed by atoms with Gasteiger partial charge >= 0.3 is 0 Å². The number of hydrazone groups is 1. The molecule has 2 saturated carbocycles. The number of benzene rings is 1. The minimum atomic E-state index is -0.998. The van der Waals surface area contributed by atoms with E-state index < -0.39 is 53.1 Å². The van der Waals surface area contributed by atoms with Crippen molar-refractivity contribution in [2.24, 2.45) is 5.10 Å².